The molecule has 0 atom stereocenters. The quantitative estimate of drug-likeness (QED) is 0.805. The Kier molecular flexibility index (Phi) is 4.91. The third-order valence-electron chi connectivity index (χ3n) is 3.66. The predicted molar refractivity (Wildman–Crippen MR) is 86.2 cm³/mol. The van der Waals surface area contributed by atoms with E-state index in [2.05, 4.69) is 20.6 Å². The molecule has 128 valence electrons. The first-order chi connectivity index (χ1) is 11.4. The predicted octanol–water partition coefficient (Wildman–Crippen LogP) is 4.39. The highest BCUT2D eigenvalue weighted by Crippen LogP contribution is 2.32. The number of rotatable bonds is 6. The zero-order chi connectivity index (χ0) is 17.2. The summed E-state index contributed by atoms with van der Waals surface area (Å²) in [5.41, 5.74) is -0.361. The second-order valence-corrected chi connectivity index (χ2v) is 6.21. The molecule has 24 heavy (non-hydrogen) atoms. The van der Waals surface area contributed by atoms with E-state index < -0.39 is 11.9 Å². The number of anilines is 2. The molecule has 2 N–H and O–H groups in total. The molecule has 2 aromatic rings. The maximum atomic E-state index is 13.3. The molecule has 1 aliphatic carbocycles. The van der Waals surface area contributed by atoms with Crippen LogP contribution in [-0.4, -0.2) is 16.5 Å². The normalized spacial score (nSPS) is 14.7. The number of hydrogen-bond acceptors (Lipinski definition) is 4. The van der Waals surface area contributed by atoms with E-state index in [0.29, 0.717) is 16.6 Å². The number of nitrogens with zero attached hydrogens (tertiary/aromatic N) is 2. The van der Waals surface area contributed by atoms with E-state index in [-0.39, 0.29) is 18.1 Å². The Morgan fingerprint density at radius 3 is 2.71 bits per heavy atom. The molecule has 0 unspecified atom stereocenters. The van der Waals surface area contributed by atoms with E-state index in [0.717, 1.165) is 19.4 Å². The molecule has 1 aromatic heterocycles. The first-order valence-corrected chi connectivity index (χ1v) is 7.96. The van der Waals surface area contributed by atoms with Crippen molar-refractivity contribution in [2.45, 2.75) is 25.6 Å². The lowest BCUT2D eigenvalue weighted by atomic mass is 10.2. The van der Waals surface area contributed by atoms with Crippen molar-refractivity contribution < 1.29 is 13.2 Å². The fourth-order valence-corrected chi connectivity index (χ4v) is 2.46. The van der Waals surface area contributed by atoms with Gasteiger partial charge in [0.05, 0.1) is 0 Å². The molecule has 1 saturated carbocycles. The Morgan fingerprint density at radius 1 is 1.25 bits per heavy atom. The van der Waals surface area contributed by atoms with Gasteiger partial charge in [-0.05, 0) is 43.5 Å². The van der Waals surface area contributed by atoms with Crippen LogP contribution in [0.25, 0.3) is 0 Å². The zero-order valence-corrected chi connectivity index (χ0v) is 13.5. The molecule has 1 fully saturated rings. The molecular weight excluding hydrogens is 341 g/mol. The summed E-state index contributed by atoms with van der Waals surface area (Å²) in [5.74, 6) is 0.472. The Morgan fingerprint density at radius 2 is 2.04 bits per heavy atom. The van der Waals surface area contributed by atoms with Gasteiger partial charge in [0.15, 0.2) is 5.69 Å². The second kappa shape index (κ2) is 6.94. The molecular formula is C16H16ClF3N4. The highest BCUT2D eigenvalue weighted by Gasteiger charge is 2.36. The van der Waals surface area contributed by atoms with Crippen LogP contribution in [0.4, 0.5) is 24.8 Å². The summed E-state index contributed by atoms with van der Waals surface area (Å²) in [6.45, 7) is 0.822. The SMILES string of the molecule is FC(F)(F)c1nc(Nc2cccc(Cl)c2)ncc1CNCC1CC1. The summed E-state index contributed by atoms with van der Waals surface area (Å²) in [5, 5.41) is 6.25. The van der Waals surface area contributed by atoms with Crippen molar-refractivity contribution in [1.29, 1.82) is 0 Å². The van der Waals surface area contributed by atoms with Crippen LogP contribution in [0.3, 0.4) is 0 Å². The monoisotopic (exact) mass is 356 g/mol. The van der Waals surface area contributed by atoms with Gasteiger partial charge in [0.25, 0.3) is 0 Å². The third-order valence-corrected chi connectivity index (χ3v) is 3.89. The average molecular weight is 357 g/mol. The van der Waals surface area contributed by atoms with Crippen molar-refractivity contribution in [3.63, 3.8) is 0 Å². The summed E-state index contributed by atoms with van der Waals surface area (Å²) < 4.78 is 39.8. The highest BCUT2D eigenvalue weighted by molar-refractivity contribution is 6.30. The summed E-state index contributed by atoms with van der Waals surface area (Å²) in [4.78, 5) is 7.64. The van der Waals surface area contributed by atoms with Crippen LogP contribution in [0.5, 0.6) is 0 Å². The van der Waals surface area contributed by atoms with Gasteiger partial charge >= 0.3 is 6.18 Å². The van der Waals surface area contributed by atoms with E-state index in [1.807, 2.05) is 0 Å². The lowest BCUT2D eigenvalue weighted by molar-refractivity contribution is -0.141. The first-order valence-electron chi connectivity index (χ1n) is 7.58. The fraction of sp³-hybridized carbons (Fsp3) is 0.375. The first kappa shape index (κ1) is 17.0. The average Bonchev–Trinajstić information content (AvgIpc) is 3.32. The molecule has 8 heteroatoms. The second-order valence-electron chi connectivity index (χ2n) is 5.77. The largest absolute Gasteiger partial charge is 0.433 e. The zero-order valence-electron chi connectivity index (χ0n) is 12.7. The van der Waals surface area contributed by atoms with E-state index in [1.54, 1.807) is 24.3 Å². The van der Waals surface area contributed by atoms with Gasteiger partial charge < -0.3 is 10.6 Å². The maximum absolute atomic E-state index is 13.3. The van der Waals surface area contributed by atoms with Gasteiger partial charge in [0.2, 0.25) is 5.95 Å². The fourth-order valence-electron chi connectivity index (χ4n) is 2.27. The molecule has 1 aliphatic rings. The third kappa shape index (κ3) is 4.58. The van der Waals surface area contributed by atoms with Crippen molar-refractivity contribution in [1.82, 2.24) is 15.3 Å². The number of aromatic nitrogens is 2. The van der Waals surface area contributed by atoms with Crippen LogP contribution in [0.1, 0.15) is 24.1 Å². The molecule has 0 aliphatic heterocycles. The summed E-state index contributed by atoms with van der Waals surface area (Å²) >= 11 is 5.86. The molecule has 3 rings (SSSR count). The van der Waals surface area contributed by atoms with Crippen LogP contribution < -0.4 is 10.6 Å². The van der Waals surface area contributed by atoms with Crippen molar-refractivity contribution >= 4 is 23.2 Å². The van der Waals surface area contributed by atoms with Gasteiger partial charge in [0, 0.05) is 29.0 Å². The topological polar surface area (TPSA) is 49.8 Å². The van der Waals surface area contributed by atoms with Gasteiger partial charge in [0.1, 0.15) is 0 Å². The Hall–Kier alpha value is -1.86. The molecule has 4 nitrogen and oxygen atoms in total. The summed E-state index contributed by atoms with van der Waals surface area (Å²) in [7, 11) is 0. The number of alkyl halides is 3. The molecule has 0 spiro atoms. The van der Waals surface area contributed by atoms with Gasteiger partial charge in [-0.15, -0.1) is 0 Å². The van der Waals surface area contributed by atoms with E-state index in [4.69, 9.17) is 11.6 Å². The number of hydrogen-bond donors (Lipinski definition) is 2. The van der Waals surface area contributed by atoms with Crippen molar-refractivity contribution in [3.8, 4) is 0 Å². The summed E-state index contributed by atoms with van der Waals surface area (Å²) in [6.07, 6.45) is -1.05. The lowest BCUT2D eigenvalue weighted by Crippen LogP contribution is -2.21. The number of nitrogens with one attached hydrogen (secondary N) is 2. The van der Waals surface area contributed by atoms with Gasteiger partial charge in [-0.2, -0.15) is 13.2 Å². The summed E-state index contributed by atoms with van der Waals surface area (Å²) in [6, 6.07) is 6.62. The Balaban J connectivity index is 1.78. The minimum atomic E-state index is -4.54. The van der Waals surface area contributed by atoms with Crippen molar-refractivity contribution in [2.75, 3.05) is 11.9 Å². The molecule has 0 saturated heterocycles. The minimum Gasteiger partial charge on any atom is -0.324 e. The van der Waals surface area contributed by atoms with Gasteiger partial charge in [-0.1, -0.05) is 17.7 Å². The van der Waals surface area contributed by atoms with Crippen molar-refractivity contribution in [2.24, 2.45) is 5.92 Å². The number of benzene rings is 1. The smallest absolute Gasteiger partial charge is 0.324 e. The lowest BCUT2D eigenvalue weighted by Gasteiger charge is -2.14. The van der Waals surface area contributed by atoms with E-state index >= 15 is 0 Å². The van der Waals surface area contributed by atoms with Crippen LogP contribution in [-0.2, 0) is 12.7 Å². The van der Waals surface area contributed by atoms with Gasteiger partial charge in [-0.25, -0.2) is 9.97 Å². The van der Waals surface area contributed by atoms with Gasteiger partial charge in [-0.3, -0.25) is 0 Å². The standard InChI is InChI=1S/C16H16ClF3N4/c17-12-2-1-3-13(6-12)23-15-22-9-11(8-21-7-10-4-5-10)14(24-15)16(18,19)20/h1-3,6,9-10,21H,4-5,7-8H2,(H,22,23,24). The molecule has 0 amide bonds. The van der Waals surface area contributed by atoms with Crippen LogP contribution >= 0.6 is 11.6 Å². The minimum absolute atomic E-state index is 0.0415. The molecule has 1 heterocycles. The molecule has 1 aromatic carbocycles. The van der Waals surface area contributed by atoms with Crippen LogP contribution in [0.15, 0.2) is 30.5 Å². The Bertz CT molecular complexity index is 717. The number of halogens is 4. The van der Waals surface area contributed by atoms with E-state index in [9.17, 15) is 13.2 Å². The Labute approximate surface area is 142 Å². The van der Waals surface area contributed by atoms with Crippen LogP contribution in [0.2, 0.25) is 5.02 Å². The maximum Gasteiger partial charge on any atom is 0.433 e. The highest BCUT2D eigenvalue weighted by atomic mass is 35.5. The van der Waals surface area contributed by atoms with Crippen molar-refractivity contribution in [3.05, 3.63) is 46.7 Å². The molecule has 0 bridgehead atoms. The molecule has 0 radical (unpaired) electrons. The van der Waals surface area contributed by atoms with Crippen LogP contribution in [0, 0.1) is 5.92 Å². The van der Waals surface area contributed by atoms with E-state index in [1.165, 1.54) is 6.20 Å².